The number of nitrogens with zero attached hydrogens (tertiary/aromatic N) is 3. The van der Waals surface area contributed by atoms with Gasteiger partial charge in [0.25, 0.3) is 5.91 Å². The molecule has 2 aromatic rings. The van der Waals surface area contributed by atoms with E-state index < -0.39 is 0 Å². The Hall–Kier alpha value is -1.40. The van der Waals surface area contributed by atoms with Crippen molar-refractivity contribution >= 4 is 27.5 Å². The fourth-order valence-corrected chi connectivity index (χ4v) is 4.27. The predicted octanol–water partition coefficient (Wildman–Crippen LogP) is 2.32. The number of rotatable bonds is 3. The van der Waals surface area contributed by atoms with Crippen LogP contribution < -0.4 is 0 Å². The monoisotopic (exact) mass is 307 g/mol. The van der Waals surface area contributed by atoms with Crippen LogP contribution in [0.3, 0.4) is 0 Å². The molecular weight excluding hydrogens is 286 g/mol. The lowest BCUT2D eigenvalue weighted by Gasteiger charge is -2.25. The highest BCUT2D eigenvalue weighted by Crippen LogP contribution is 2.31. The van der Waals surface area contributed by atoms with Gasteiger partial charge in [-0.15, -0.1) is 11.3 Å². The van der Waals surface area contributed by atoms with E-state index in [1.54, 1.807) is 6.92 Å². The zero-order valence-corrected chi connectivity index (χ0v) is 13.5. The van der Waals surface area contributed by atoms with E-state index in [4.69, 9.17) is 0 Å². The molecule has 1 N–H and O–H groups in total. The van der Waals surface area contributed by atoms with Crippen LogP contribution in [-0.4, -0.2) is 44.4 Å². The van der Waals surface area contributed by atoms with Crippen LogP contribution in [0.4, 0.5) is 0 Å². The van der Waals surface area contributed by atoms with Crippen LogP contribution in [0, 0.1) is 6.92 Å². The second-order valence-electron chi connectivity index (χ2n) is 5.92. The summed E-state index contributed by atoms with van der Waals surface area (Å²) < 4.78 is 1.84. The number of likely N-dealkylation sites (tertiary alicyclic amines) is 1. The Bertz CT molecular complexity index is 639. The minimum absolute atomic E-state index is 0.0961. The fourth-order valence-electron chi connectivity index (χ4n) is 3.19. The number of aliphatic hydroxyl groups is 1. The molecule has 1 saturated heterocycles. The van der Waals surface area contributed by atoms with E-state index >= 15 is 0 Å². The van der Waals surface area contributed by atoms with Gasteiger partial charge in [0.1, 0.15) is 4.83 Å². The molecule has 0 spiro atoms. The number of aromatic nitrogens is 2. The molecular formula is C15H21N3O2S. The summed E-state index contributed by atoms with van der Waals surface area (Å²) in [4.78, 5) is 16.5. The molecule has 6 heteroatoms. The van der Waals surface area contributed by atoms with E-state index in [1.165, 1.54) is 11.3 Å². The van der Waals surface area contributed by atoms with Crippen LogP contribution in [0.25, 0.3) is 10.2 Å². The molecule has 2 atom stereocenters. The van der Waals surface area contributed by atoms with Gasteiger partial charge in [0.2, 0.25) is 0 Å². The molecule has 114 valence electrons. The summed E-state index contributed by atoms with van der Waals surface area (Å²) in [5.74, 6) is 0.0961. The molecule has 0 saturated carbocycles. The van der Waals surface area contributed by atoms with E-state index in [1.807, 2.05) is 29.6 Å². The van der Waals surface area contributed by atoms with Gasteiger partial charge in [-0.2, -0.15) is 5.10 Å². The van der Waals surface area contributed by atoms with E-state index in [2.05, 4.69) is 5.10 Å². The minimum atomic E-state index is -0.364. The summed E-state index contributed by atoms with van der Waals surface area (Å²) in [6, 6.07) is 2.13. The van der Waals surface area contributed by atoms with Gasteiger partial charge in [0.05, 0.1) is 16.7 Å². The molecule has 3 rings (SSSR count). The van der Waals surface area contributed by atoms with Crippen LogP contribution in [0.5, 0.6) is 0 Å². The van der Waals surface area contributed by atoms with Crippen molar-refractivity contribution in [1.82, 2.24) is 14.7 Å². The van der Waals surface area contributed by atoms with E-state index in [9.17, 15) is 9.90 Å². The van der Waals surface area contributed by atoms with Crippen molar-refractivity contribution < 1.29 is 9.90 Å². The lowest BCUT2D eigenvalue weighted by atomic mass is 10.1. The Balaban J connectivity index is 1.87. The van der Waals surface area contributed by atoms with Gasteiger partial charge in [-0.3, -0.25) is 9.48 Å². The molecule has 0 aromatic carbocycles. The Morgan fingerprint density at radius 1 is 1.62 bits per heavy atom. The van der Waals surface area contributed by atoms with Crippen molar-refractivity contribution in [3.63, 3.8) is 0 Å². The largest absolute Gasteiger partial charge is 0.393 e. The first-order valence-electron chi connectivity index (χ1n) is 7.39. The van der Waals surface area contributed by atoms with E-state index in [0.717, 1.165) is 40.2 Å². The number of carbonyl (C=O) groups excluding carboxylic acids is 1. The average molecular weight is 307 g/mol. The lowest BCUT2D eigenvalue weighted by molar-refractivity contribution is 0.0687. The zero-order valence-electron chi connectivity index (χ0n) is 12.7. The molecule has 2 aromatic heterocycles. The molecule has 5 nitrogen and oxygen atoms in total. The summed E-state index contributed by atoms with van der Waals surface area (Å²) in [5, 5.41) is 15.0. The number of aliphatic hydroxyl groups excluding tert-OH is 1. The Morgan fingerprint density at radius 2 is 2.38 bits per heavy atom. The summed E-state index contributed by atoms with van der Waals surface area (Å²) in [6.07, 6.45) is 2.31. The zero-order chi connectivity index (χ0) is 15.1. The van der Waals surface area contributed by atoms with Gasteiger partial charge in [0.15, 0.2) is 0 Å². The minimum Gasteiger partial charge on any atom is -0.393 e. The average Bonchev–Trinajstić information content (AvgIpc) is 3.07. The SMILES string of the molecule is Cc1nn(C)c2sc(C(=O)N3CCCC3CC(C)O)cc12. The first-order chi connectivity index (χ1) is 9.97. The molecule has 1 aliphatic heterocycles. The number of hydrogen-bond acceptors (Lipinski definition) is 4. The van der Waals surface area contributed by atoms with E-state index in [0.29, 0.717) is 6.42 Å². The summed E-state index contributed by atoms with van der Waals surface area (Å²) in [7, 11) is 1.91. The maximum atomic E-state index is 12.8. The second kappa shape index (κ2) is 5.42. The van der Waals surface area contributed by atoms with Crippen molar-refractivity contribution in [1.29, 1.82) is 0 Å². The Labute approximate surface area is 128 Å². The second-order valence-corrected chi connectivity index (χ2v) is 6.95. The molecule has 0 radical (unpaired) electrons. The number of carbonyl (C=O) groups is 1. The van der Waals surface area contributed by atoms with Crippen LogP contribution in [0.2, 0.25) is 0 Å². The van der Waals surface area contributed by atoms with Crippen LogP contribution in [0.15, 0.2) is 6.07 Å². The lowest BCUT2D eigenvalue weighted by Crippen LogP contribution is -2.36. The van der Waals surface area contributed by atoms with Crippen molar-refractivity contribution in [2.45, 2.75) is 45.3 Å². The van der Waals surface area contributed by atoms with Gasteiger partial charge < -0.3 is 10.0 Å². The molecule has 0 bridgehead atoms. The quantitative estimate of drug-likeness (QED) is 0.946. The van der Waals surface area contributed by atoms with Crippen molar-refractivity contribution in [2.24, 2.45) is 7.05 Å². The van der Waals surface area contributed by atoms with E-state index in [-0.39, 0.29) is 18.1 Å². The number of aryl methyl sites for hydroxylation is 2. The predicted molar refractivity (Wildman–Crippen MR) is 83.7 cm³/mol. The topological polar surface area (TPSA) is 58.4 Å². The molecule has 1 amide bonds. The standard InChI is InChI=1S/C15H21N3O2S/c1-9(19)7-11-5-4-6-18(11)14(20)13-8-12-10(2)16-17(3)15(12)21-13/h8-9,11,19H,4-7H2,1-3H3. The van der Waals surface area contributed by atoms with Gasteiger partial charge in [-0.1, -0.05) is 0 Å². The number of fused-ring (bicyclic) bond motifs is 1. The summed E-state index contributed by atoms with van der Waals surface area (Å²) in [6.45, 7) is 4.55. The maximum absolute atomic E-state index is 12.8. The van der Waals surface area contributed by atoms with Gasteiger partial charge >= 0.3 is 0 Å². The van der Waals surface area contributed by atoms with Crippen LogP contribution in [0.1, 0.15) is 41.6 Å². The fraction of sp³-hybridized carbons (Fsp3) is 0.600. The Morgan fingerprint density at radius 3 is 3.05 bits per heavy atom. The smallest absolute Gasteiger partial charge is 0.264 e. The van der Waals surface area contributed by atoms with Crippen LogP contribution >= 0.6 is 11.3 Å². The van der Waals surface area contributed by atoms with Gasteiger partial charge in [-0.05, 0) is 39.2 Å². The van der Waals surface area contributed by atoms with Crippen molar-refractivity contribution in [2.75, 3.05) is 6.54 Å². The summed E-state index contributed by atoms with van der Waals surface area (Å²) in [5.41, 5.74) is 0.963. The van der Waals surface area contributed by atoms with Crippen molar-refractivity contribution in [3.05, 3.63) is 16.6 Å². The normalized spacial score (nSPS) is 20.4. The first kappa shape index (κ1) is 14.5. The Kier molecular flexibility index (Phi) is 3.75. The van der Waals surface area contributed by atoms with Crippen molar-refractivity contribution in [3.8, 4) is 0 Å². The molecule has 3 heterocycles. The number of hydrogen-bond donors (Lipinski definition) is 1. The third kappa shape index (κ3) is 2.58. The third-order valence-electron chi connectivity index (χ3n) is 4.16. The molecule has 21 heavy (non-hydrogen) atoms. The first-order valence-corrected chi connectivity index (χ1v) is 8.21. The molecule has 0 aliphatic carbocycles. The molecule has 1 aliphatic rings. The third-order valence-corrected chi connectivity index (χ3v) is 5.35. The highest BCUT2D eigenvalue weighted by atomic mass is 32.1. The molecule has 2 unspecified atom stereocenters. The van der Waals surface area contributed by atoms with Gasteiger partial charge in [0, 0.05) is 25.0 Å². The summed E-state index contributed by atoms with van der Waals surface area (Å²) >= 11 is 1.51. The number of thiophene rings is 1. The number of amides is 1. The molecule has 1 fully saturated rings. The highest BCUT2D eigenvalue weighted by Gasteiger charge is 2.31. The highest BCUT2D eigenvalue weighted by molar-refractivity contribution is 7.20. The van der Waals surface area contributed by atoms with Crippen LogP contribution in [-0.2, 0) is 7.05 Å². The maximum Gasteiger partial charge on any atom is 0.264 e. The van der Waals surface area contributed by atoms with Gasteiger partial charge in [-0.25, -0.2) is 0 Å².